The van der Waals surface area contributed by atoms with E-state index in [-0.39, 0.29) is 36.9 Å². The quantitative estimate of drug-likeness (QED) is 0.257. The van der Waals surface area contributed by atoms with Crippen molar-refractivity contribution in [1.29, 1.82) is 0 Å². The predicted molar refractivity (Wildman–Crippen MR) is 127 cm³/mol. The van der Waals surface area contributed by atoms with Gasteiger partial charge in [-0.05, 0) is 24.0 Å². The fourth-order valence-electron chi connectivity index (χ4n) is 3.36. The van der Waals surface area contributed by atoms with Gasteiger partial charge in [0.25, 0.3) is 0 Å². The van der Waals surface area contributed by atoms with Crippen molar-refractivity contribution in [2.24, 2.45) is 10.9 Å². The number of β-lactam (4-membered cyclic amide) rings is 1. The van der Waals surface area contributed by atoms with Crippen molar-refractivity contribution in [3.05, 3.63) is 71.8 Å². The number of alkyl carbamates (subject to hydrolysis) is 1. The van der Waals surface area contributed by atoms with Gasteiger partial charge in [0.2, 0.25) is 17.8 Å². The maximum absolute atomic E-state index is 12.2. The molecule has 3 rings (SSSR count). The van der Waals surface area contributed by atoms with E-state index in [2.05, 4.69) is 15.6 Å². The maximum atomic E-state index is 12.2. The van der Waals surface area contributed by atoms with Crippen LogP contribution in [0.25, 0.3) is 0 Å². The van der Waals surface area contributed by atoms with Crippen LogP contribution >= 0.6 is 0 Å². The van der Waals surface area contributed by atoms with Gasteiger partial charge in [-0.2, -0.15) is 0 Å². The molecule has 2 aromatic carbocycles. The van der Waals surface area contributed by atoms with Crippen LogP contribution in [0.4, 0.5) is 9.59 Å². The van der Waals surface area contributed by atoms with E-state index < -0.39 is 12.2 Å². The second-order valence-electron chi connectivity index (χ2n) is 7.92. The number of carbonyl (C=O) groups is 4. The average molecular weight is 481 g/mol. The summed E-state index contributed by atoms with van der Waals surface area (Å²) in [6.07, 6.45) is -0.561. The zero-order chi connectivity index (χ0) is 25.0. The summed E-state index contributed by atoms with van der Waals surface area (Å²) in [7, 11) is 0. The third kappa shape index (κ3) is 8.26. The molecule has 2 N–H and O–H groups in total. The highest BCUT2D eigenvalue weighted by Crippen LogP contribution is 2.22. The van der Waals surface area contributed by atoms with Crippen molar-refractivity contribution in [2.75, 3.05) is 13.1 Å². The molecule has 1 unspecified atom stereocenters. The summed E-state index contributed by atoms with van der Waals surface area (Å²) in [6.45, 7) is 2.18. The molecule has 0 saturated carbocycles. The molecular formula is C25H28N4O6. The zero-order valence-electron chi connectivity index (χ0n) is 19.4. The van der Waals surface area contributed by atoms with Crippen molar-refractivity contribution in [2.45, 2.75) is 33.0 Å². The van der Waals surface area contributed by atoms with Gasteiger partial charge in [-0.15, -0.1) is 4.99 Å². The summed E-state index contributed by atoms with van der Waals surface area (Å²) in [5, 5.41) is 5.30. The Hall–Kier alpha value is -4.21. The third-order valence-corrected chi connectivity index (χ3v) is 5.26. The lowest BCUT2D eigenvalue weighted by molar-refractivity contribution is -0.157. The highest BCUT2D eigenvalue weighted by molar-refractivity contribution is 6.00. The molecule has 1 aliphatic rings. The van der Waals surface area contributed by atoms with Crippen molar-refractivity contribution in [3.8, 4) is 0 Å². The monoisotopic (exact) mass is 480 g/mol. The third-order valence-electron chi connectivity index (χ3n) is 5.26. The van der Waals surface area contributed by atoms with Crippen molar-refractivity contribution < 1.29 is 28.7 Å². The lowest BCUT2D eigenvalue weighted by Gasteiger charge is -2.36. The number of benzene rings is 2. The fourth-order valence-corrected chi connectivity index (χ4v) is 3.36. The molecule has 1 atom stereocenters. The van der Waals surface area contributed by atoms with Crippen LogP contribution in [0.15, 0.2) is 65.7 Å². The number of guanidine groups is 1. The molecule has 0 radical (unpaired) electrons. The molecule has 35 heavy (non-hydrogen) atoms. The van der Waals surface area contributed by atoms with Crippen LogP contribution < -0.4 is 10.6 Å². The van der Waals surface area contributed by atoms with E-state index in [0.717, 1.165) is 11.1 Å². The highest BCUT2D eigenvalue weighted by atomic mass is 16.6. The standard InChI is InChI=1S/C25H28N4O6/c1-18(30)29-15-21(22(29)31)13-8-14-26-23(27-24(32)34-16-19-9-4-2-5-10-19)28-25(33)35-17-20-11-6-3-7-12-20/h2-7,9-12,21H,8,13-17H2,1H3,(H2,26,27,28,32,33). The van der Waals surface area contributed by atoms with Crippen LogP contribution in [0.5, 0.6) is 0 Å². The van der Waals surface area contributed by atoms with Gasteiger partial charge in [0.1, 0.15) is 13.2 Å². The normalized spacial score (nSPS) is 15.1. The Morgan fingerprint density at radius 1 is 0.971 bits per heavy atom. The first-order chi connectivity index (χ1) is 16.9. The van der Waals surface area contributed by atoms with Gasteiger partial charge in [-0.1, -0.05) is 60.7 Å². The molecule has 0 bridgehead atoms. The number of likely N-dealkylation sites (tertiary alicyclic amines) is 1. The highest BCUT2D eigenvalue weighted by Gasteiger charge is 2.38. The molecular weight excluding hydrogens is 452 g/mol. The fraction of sp³-hybridized carbons (Fsp3) is 0.320. The average Bonchev–Trinajstić information content (AvgIpc) is 2.86. The number of amides is 4. The largest absolute Gasteiger partial charge is 0.444 e. The number of ether oxygens (including phenoxy) is 2. The van der Waals surface area contributed by atoms with E-state index in [1.807, 2.05) is 60.7 Å². The summed E-state index contributed by atoms with van der Waals surface area (Å²) in [5.74, 6) is -0.767. The number of aliphatic imine (C=N–C) groups is 1. The number of hydrogen-bond acceptors (Lipinski definition) is 6. The minimum Gasteiger partial charge on any atom is -0.444 e. The van der Waals surface area contributed by atoms with Crippen LogP contribution in [0, 0.1) is 5.92 Å². The van der Waals surface area contributed by atoms with E-state index >= 15 is 0 Å². The van der Waals surface area contributed by atoms with E-state index in [1.165, 1.54) is 11.8 Å². The summed E-state index contributed by atoms with van der Waals surface area (Å²) in [4.78, 5) is 52.6. The Kier molecular flexibility index (Phi) is 9.35. The lowest BCUT2D eigenvalue weighted by Crippen LogP contribution is -2.54. The topological polar surface area (TPSA) is 126 Å². The van der Waals surface area contributed by atoms with E-state index in [0.29, 0.717) is 25.9 Å². The van der Waals surface area contributed by atoms with Crippen molar-refractivity contribution in [3.63, 3.8) is 0 Å². The molecule has 2 aromatic rings. The Balaban J connectivity index is 1.50. The van der Waals surface area contributed by atoms with Crippen LogP contribution in [0.1, 0.15) is 30.9 Å². The molecule has 1 aliphatic heterocycles. The second kappa shape index (κ2) is 12.9. The van der Waals surface area contributed by atoms with Crippen LogP contribution in [-0.4, -0.2) is 47.9 Å². The van der Waals surface area contributed by atoms with Gasteiger partial charge in [0, 0.05) is 20.0 Å². The molecule has 10 heteroatoms. The second-order valence-corrected chi connectivity index (χ2v) is 7.92. The number of nitrogens with one attached hydrogen (secondary N) is 2. The summed E-state index contributed by atoms with van der Waals surface area (Å²) in [5.41, 5.74) is 1.60. The van der Waals surface area contributed by atoms with Gasteiger partial charge in [0.05, 0.1) is 5.92 Å². The molecule has 1 saturated heterocycles. The van der Waals surface area contributed by atoms with Crippen molar-refractivity contribution in [1.82, 2.24) is 15.5 Å². The van der Waals surface area contributed by atoms with E-state index in [9.17, 15) is 19.2 Å². The van der Waals surface area contributed by atoms with Gasteiger partial charge in [-0.3, -0.25) is 19.8 Å². The zero-order valence-corrected chi connectivity index (χ0v) is 19.4. The van der Waals surface area contributed by atoms with Gasteiger partial charge < -0.3 is 14.8 Å². The first kappa shape index (κ1) is 25.4. The first-order valence-corrected chi connectivity index (χ1v) is 11.2. The molecule has 0 aromatic heterocycles. The molecule has 10 nitrogen and oxygen atoms in total. The molecule has 184 valence electrons. The molecule has 1 heterocycles. The number of carbonyl (C=O) groups excluding carboxylic acids is 4. The van der Waals surface area contributed by atoms with E-state index in [1.54, 1.807) is 0 Å². The summed E-state index contributed by atoms with van der Waals surface area (Å²) in [6, 6.07) is 18.3. The van der Waals surface area contributed by atoms with Crippen LogP contribution in [0.3, 0.4) is 0 Å². The summed E-state index contributed by atoms with van der Waals surface area (Å²) >= 11 is 0. The smallest absolute Gasteiger partial charge is 0.437 e. The van der Waals surface area contributed by atoms with E-state index in [4.69, 9.17) is 9.47 Å². The Bertz CT molecular complexity index is 1060. The molecule has 4 amide bonds. The molecule has 1 fully saturated rings. The minimum atomic E-state index is -0.883. The predicted octanol–water partition coefficient (Wildman–Crippen LogP) is 2.98. The first-order valence-electron chi connectivity index (χ1n) is 11.2. The Labute approximate surface area is 203 Å². The minimum absolute atomic E-state index is 0.0331. The number of hydrogen-bond donors (Lipinski definition) is 2. The summed E-state index contributed by atoms with van der Waals surface area (Å²) < 4.78 is 10.3. The maximum Gasteiger partial charge on any atom is 0.437 e. The van der Waals surface area contributed by atoms with Crippen LogP contribution in [-0.2, 0) is 32.3 Å². The molecule has 0 aliphatic carbocycles. The number of nitrogens with zero attached hydrogens (tertiary/aromatic N) is 2. The Morgan fingerprint density at radius 2 is 1.57 bits per heavy atom. The van der Waals surface area contributed by atoms with Crippen LogP contribution in [0.2, 0.25) is 0 Å². The van der Waals surface area contributed by atoms with Gasteiger partial charge in [0.15, 0.2) is 0 Å². The molecule has 0 spiro atoms. The number of imide groups is 1. The SMILES string of the molecule is CC(=O)N1CC(CCCNC(=NC(=O)OCc2ccccc2)NC(=O)OCc2ccccc2)C1=O. The lowest BCUT2D eigenvalue weighted by atomic mass is 9.93. The van der Waals surface area contributed by atoms with Gasteiger partial charge in [-0.25, -0.2) is 9.59 Å². The number of rotatable bonds is 8. The van der Waals surface area contributed by atoms with Gasteiger partial charge >= 0.3 is 12.2 Å². The Morgan fingerprint density at radius 3 is 2.14 bits per heavy atom. The van der Waals surface area contributed by atoms with Crippen molar-refractivity contribution >= 4 is 30.0 Å².